The lowest BCUT2D eigenvalue weighted by molar-refractivity contribution is 0.590. The van der Waals surface area contributed by atoms with Gasteiger partial charge >= 0.3 is 0 Å². The van der Waals surface area contributed by atoms with Crippen molar-refractivity contribution in [3.8, 4) is 0 Å². The van der Waals surface area contributed by atoms with Crippen LogP contribution in [0.3, 0.4) is 0 Å². The first-order valence-corrected chi connectivity index (χ1v) is 4.67. The topological polar surface area (TPSA) is 0 Å². The van der Waals surface area contributed by atoms with Gasteiger partial charge in [0.1, 0.15) is 0 Å². The predicted octanol–water partition coefficient (Wildman–Crippen LogP) is 4.02. The van der Waals surface area contributed by atoms with E-state index in [1.54, 1.807) is 0 Å². The molecule has 70 valence electrons. The Morgan fingerprint density at radius 3 is 1.85 bits per heavy atom. The maximum absolute atomic E-state index is 3.92. The summed E-state index contributed by atoms with van der Waals surface area (Å²) in [4.78, 5) is 0. The summed E-state index contributed by atoms with van der Waals surface area (Å²) in [6.45, 7) is 12.6. The smallest absolute Gasteiger partial charge is 0.0132 e. The van der Waals surface area contributed by atoms with Crippen molar-refractivity contribution in [3.63, 3.8) is 0 Å². The molecule has 0 fully saturated rings. The second kappa shape index (κ2) is 3.37. The highest BCUT2D eigenvalue weighted by Crippen LogP contribution is 2.23. The Kier molecular flexibility index (Phi) is 2.60. The summed E-state index contributed by atoms with van der Waals surface area (Å²) >= 11 is 0. The molecule has 0 aromatic heterocycles. The van der Waals surface area contributed by atoms with Crippen molar-refractivity contribution in [2.24, 2.45) is 0 Å². The van der Waals surface area contributed by atoms with Gasteiger partial charge in [0, 0.05) is 0 Å². The summed E-state index contributed by atoms with van der Waals surface area (Å²) in [5.41, 5.74) is 3.97. The molecule has 0 aliphatic heterocycles. The number of hydrogen-bond acceptors (Lipinski definition) is 0. The molecular formula is C13H18. The maximum Gasteiger partial charge on any atom is -0.0132 e. The minimum atomic E-state index is 0.244. The zero-order valence-electron chi connectivity index (χ0n) is 9.02. The van der Waals surface area contributed by atoms with Crippen LogP contribution in [0.5, 0.6) is 0 Å². The summed E-state index contributed by atoms with van der Waals surface area (Å²) in [6.07, 6.45) is 0. The highest BCUT2D eigenvalue weighted by molar-refractivity contribution is 5.61. The van der Waals surface area contributed by atoms with Crippen molar-refractivity contribution in [3.05, 3.63) is 42.0 Å². The molecule has 13 heavy (non-hydrogen) atoms. The van der Waals surface area contributed by atoms with Crippen molar-refractivity contribution in [2.75, 3.05) is 0 Å². The van der Waals surface area contributed by atoms with Gasteiger partial charge in [0.05, 0.1) is 0 Å². The summed E-state index contributed by atoms with van der Waals surface area (Å²) in [7, 11) is 0. The van der Waals surface area contributed by atoms with Crippen LogP contribution >= 0.6 is 0 Å². The molecule has 0 spiro atoms. The first-order valence-electron chi connectivity index (χ1n) is 4.67. The Morgan fingerprint density at radius 1 is 1.08 bits per heavy atom. The van der Waals surface area contributed by atoms with E-state index in [0.29, 0.717) is 0 Å². The molecule has 1 aromatic rings. The van der Waals surface area contributed by atoms with Gasteiger partial charge in [-0.05, 0) is 23.5 Å². The van der Waals surface area contributed by atoms with E-state index in [4.69, 9.17) is 0 Å². The molecule has 0 amide bonds. The molecule has 0 aliphatic carbocycles. The molecule has 0 aliphatic rings. The van der Waals surface area contributed by atoms with Crippen molar-refractivity contribution in [1.82, 2.24) is 0 Å². The predicted molar refractivity (Wildman–Crippen MR) is 59.9 cm³/mol. The Bertz CT molecular complexity index is 296. The van der Waals surface area contributed by atoms with Crippen LogP contribution in [0.4, 0.5) is 0 Å². The fraction of sp³-hybridized carbons (Fsp3) is 0.385. The third-order valence-corrected chi connectivity index (χ3v) is 2.24. The van der Waals surface area contributed by atoms with E-state index in [9.17, 15) is 0 Å². The van der Waals surface area contributed by atoms with Gasteiger partial charge in [-0.1, -0.05) is 57.2 Å². The Hall–Kier alpha value is -1.04. The van der Waals surface area contributed by atoms with Gasteiger partial charge in [0.15, 0.2) is 0 Å². The van der Waals surface area contributed by atoms with Gasteiger partial charge in [0.2, 0.25) is 0 Å². The third-order valence-electron chi connectivity index (χ3n) is 2.24. The van der Waals surface area contributed by atoms with Crippen LogP contribution < -0.4 is 0 Å². The lowest BCUT2D eigenvalue weighted by atomic mass is 9.86. The fourth-order valence-corrected chi connectivity index (χ4v) is 1.25. The summed E-state index contributed by atoms with van der Waals surface area (Å²) in [6, 6.07) is 8.65. The molecule has 1 aromatic carbocycles. The molecule has 0 radical (unpaired) electrons. The van der Waals surface area contributed by atoms with Gasteiger partial charge in [-0.25, -0.2) is 0 Å². The fourth-order valence-electron chi connectivity index (χ4n) is 1.25. The zero-order valence-corrected chi connectivity index (χ0v) is 9.02. The van der Waals surface area contributed by atoms with Crippen LogP contribution in [0, 0.1) is 0 Å². The Morgan fingerprint density at radius 2 is 1.54 bits per heavy atom. The molecule has 0 N–H and O–H groups in total. The number of benzene rings is 1. The summed E-state index contributed by atoms with van der Waals surface area (Å²) in [5, 5.41) is 0. The van der Waals surface area contributed by atoms with E-state index in [2.05, 4.69) is 51.6 Å². The maximum atomic E-state index is 3.92. The second-order valence-electron chi connectivity index (χ2n) is 4.61. The molecule has 0 nitrogen and oxygen atoms in total. The minimum absolute atomic E-state index is 0.244. The van der Waals surface area contributed by atoms with Gasteiger partial charge in [-0.15, -0.1) is 0 Å². The van der Waals surface area contributed by atoms with E-state index in [0.717, 1.165) is 5.57 Å². The SMILES string of the molecule is C=C(C)c1ccc(C(C)(C)C)cc1. The van der Waals surface area contributed by atoms with Gasteiger partial charge in [-0.2, -0.15) is 0 Å². The van der Waals surface area contributed by atoms with Gasteiger partial charge in [0.25, 0.3) is 0 Å². The number of allylic oxidation sites excluding steroid dienone is 1. The first-order chi connectivity index (χ1) is 5.91. The number of rotatable bonds is 1. The molecule has 0 saturated carbocycles. The molecule has 0 atom stereocenters. The van der Waals surface area contributed by atoms with Crippen molar-refractivity contribution < 1.29 is 0 Å². The third kappa shape index (κ3) is 2.45. The first kappa shape index (κ1) is 10.0. The monoisotopic (exact) mass is 174 g/mol. The highest BCUT2D eigenvalue weighted by Gasteiger charge is 2.12. The molecule has 1 rings (SSSR count). The van der Waals surface area contributed by atoms with Crippen molar-refractivity contribution in [1.29, 1.82) is 0 Å². The van der Waals surface area contributed by atoms with Crippen molar-refractivity contribution in [2.45, 2.75) is 33.1 Å². The van der Waals surface area contributed by atoms with Gasteiger partial charge < -0.3 is 0 Å². The Labute approximate surface area is 81.3 Å². The van der Waals surface area contributed by atoms with Crippen LogP contribution in [0.1, 0.15) is 38.8 Å². The average molecular weight is 174 g/mol. The van der Waals surface area contributed by atoms with E-state index in [1.807, 2.05) is 6.92 Å². The van der Waals surface area contributed by atoms with E-state index < -0.39 is 0 Å². The second-order valence-corrected chi connectivity index (χ2v) is 4.61. The molecular weight excluding hydrogens is 156 g/mol. The minimum Gasteiger partial charge on any atom is -0.0955 e. The summed E-state index contributed by atoms with van der Waals surface area (Å²) < 4.78 is 0. The Balaban J connectivity index is 3.01. The lowest BCUT2D eigenvalue weighted by Gasteiger charge is -2.19. The van der Waals surface area contributed by atoms with Crippen LogP contribution in [-0.2, 0) is 5.41 Å². The average Bonchev–Trinajstić information content (AvgIpc) is 2.03. The normalized spacial score (nSPS) is 11.4. The highest BCUT2D eigenvalue weighted by atomic mass is 14.2. The van der Waals surface area contributed by atoms with E-state index in [1.165, 1.54) is 11.1 Å². The van der Waals surface area contributed by atoms with Crippen LogP contribution in [-0.4, -0.2) is 0 Å². The molecule has 0 bridgehead atoms. The lowest BCUT2D eigenvalue weighted by Crippen LogP contribution is -2.10. The molecule has 0 unspecified atom stereocenters. The van der Waals surface area contributed by atoms with Crippen molar-refractivity contribution >= 4 is 5.57 Å². The number of hydrogen-bond donors (Lipinski definition) is 0. The van der Waals surface area contributed by atoms with E-state index in [-0.39, 0.29) is 5.41 Å². The quantitative estimate of drug-likeness (QED) is 0.603. The van der Waals surface area contributed by atoms with E-state index >= 15 is 0 Å². The largest absolute Gasteiger partial charge is 0.0955 e. The summed E-state index contributed by atoms with van der Waals surface area (Å²) in [5.74, 6) is 0. The van der Waals surface area contributed by atoms with Crippen LogP contribution in [0.25, 0.3) is 5.57 Å². The molecule has 0 heteroatoms. The van der Waals surface area contributed by atoms with Crippen LogP contribution in [0.15, 0.2) is 30.8 Å². The standard InChI is InChI=1S/C13H18/c1-10(2)11-6-8-12(9-7-11)13(3,4)5/h6-9H,1H2,2-5H3. The molecule has 0 saturated heterocycles. The van der Waals surface area contributed by atoms with Crippen LogP contribution in [0.2, 0.25) is 0 Å². The molecule has 0 heterocycles. The zero-order chi connectivity index (χ0) is 10.1. The van der Waals surface area contributed by atoms with Gasteiger partial charge in [-0.3, -0.25) is 0 Å².